The highest BCUT2D eigenvalue weighted by atomic mass is 16.2. The van der Waals surface area contributed by atoms with E-state index in [0.29, 0.717) is 11.3 Å². The van der Waals surface area contributed by atoms with E-state index in [1.165, 1.54) is 0 Å². The maximum Gasteiger partial charge on any atom is 0.254 e. The lowest BCUT2D eigenvalue weighted by Crippen LogP contribution is -2.46. The van der Waals surface area contributed by atoms with Crippen molar-refractivity contribution in [1.82, 2.24) is 10.2 Å². The second-order valence-electron chi connectivity index (χ2n) is 9.50. The fourth-order valence-electron chi connectivity index (χ4n) is 5.50. The molecule has 3 amide bonds. The minimum atomic E-state index is -0.848. The van der Waals surface area contributed by atoms with E-state index in [2.05, 4.69) is 31.4 Å². The monoisotopic (exact) mass is 369 g/mol. The van der Waals surface area contributed by atoms with Crippen LogP contribution in [0, 0.1) is 10.8 Å². The molecular weight excluding hydrogens is 342 g/mol. The molecule has 144 valence electrons. The summed E-state index contributed by atoms with van der Waals surface area (Å²) in [6.45, 7) is 7.52. The third kappa shape index (κ3) is 3.33. The van der Waals surface area contributed by atoms with Crippen molar-refractivity contribution in [3.8, 4) is 0 Å². The van der Waals surface area contributed by atoms with E-state index in [4.69, 9.17) is 0 Å². The van der Waals surface area contributed by atoms with E-state index in [0.717, 1.165) is 25.8 Å². The molecule has 6 heteroatoms. The minimum Gasteiger partial charge on any atom is -0.340 e. The van der Waals surface area contributed by atoms with Crippen LogP contribution < -0.4 is 10.6 Å². The first-order valence-corrected chi connectivity index (χ1v) is 9.66. The fraction of sp³-hybridized carbons (Fsp3) is 0.571. The first-order valence-electron chi connectivity index (χ1n) is 9.66. The van der Waals surface area contributed by atoms with Crippen molar-refractivity contribution in [3.63, 3.8) is 0 Å². The van der Waals surface area contributed by atoms with Gasteiger partial charge in [0.25, 0.3) is 5.91 Å². The summed E-state index contributed by atoms with van der Waals surface area (Å²) < 4.78 is 0. The van der Waals surface area contributed by atoms with Gasteiger partial charge in [-0.15, -0.1) is 0 Å². The van der Waals surface area contributed by atoms with Crippen LogP contribution in [0.15, 0.2) is 24.3 Å². The van der Waals surface area contributed by atoms with E-state index in [1.807, 2.05) is 4.90 Å². The van der Waals surface area contributed by atoms with Gasteiger partial charge in [-0.25, -0.2) is 0 Å². The Labute approximate surface area is 159 Å². The molecule has 1 saturated heterocycles. The molecule has 0 aromatic heterocycles. The maximum atomic E-state index is 13.0. The Morgan fingerprint density at radius 2 is 1.93 bits per heavy atom. The van der Waals surface area contributed by atoms with Crippen LogP contribution in [0.3, 0.4) is 0 Å². The van der Waals surface area contributed by atoms with Gasteiger partial charge in [0.05, 0.1) is 17.7 Å². The zero-order valence-electron chi connectivity index (χ0n) is 16.2. The number of carbonyl (C=O) groups is 3. The van der Waals surface area contributed by atoms with Gasteiger partial charge in [0.15, 0.2) is 0 Å². The van der Waals surface area contributed by atoms with Crippen LogP contribution in [0.25, 0.3) is 0 Å². The Morgan fingerprint density at radius 3 is 2.70 bits per heavy atom. The van der Waals surface area contributed by atoms with Gasteiger partial charge in [-0.05, 0) is 42.2 Å². The Bertz CT molecular complexity index is 819. The number of hydrogen-bond acceptors (Lipinski definition) is 3. The largest absolute Gasteiger partial charge is 0.340 e. The second kappa shape index (κ2) is 6.08. The molecule has 1 saturated carbocycles. The molecule has 0 radical (unpaired) electrons. The molecule has 1 aromatic carbocycles. The Morgan fingerprint density at radius 1 is 1.19 bits per heavy atom. The predicted molar refractivity (Wildman–Crippen MR) is 102 cm³/mol. The third-order valence-corrected chi connectivity index (χ3v) is 6.17. The highest BCUT2D eigenvalue weighted by molar-refractivity contribution is 6.10. The summed E-state index contributed by atoms with van der Waals surface area (Å²) in [5.74, 6) is -0.710. The van der Waals surface area contributed by atoms with E-state index in [9.17, 15) is 14.4 Å². The van der Waals surface area contributed by atoms with Crippen molar-refractivity contribution in [2.45, 2.75) is 58.5 Å². The molecule has 2 bridgehead atoms. The number of hydrogen-bond donors (Lipinski definition) is 2. The van der Waals surface area contributed by atoms with E-state index < -0.39 is 6.04 Å². The lowest BCUT2D eigenvalue weighted by atomic mass is 9.65. The summed E-state index contributed by atoms with van der Waals surface area (Å²) in [7, 11) is 0. The van der Waals surface area contributed by atoms with Crippen molar-refractivity contribution in [2.24, 2.45) is 10.8 Å². The number of rotatable bonds is 2. The van der Waals surface area contributed by atoms with E-state index >= 15 is 0 Å². The molecule has 27 heavy (non-hydrogen) atoms. The normalized spacial score (nSPS) is 31.6. The molecule has 4 rings (SSSR count). The summed E-state index contributed by atoms with van der Waals surface area (Å²) in [6, 6.07) is 6.27. The SMILES string of the molecule is CC1(C)C[C@H]2C[C@@](C)(CN2C(=O)C[C@@H]2NC(=O)c3ccccc3NC2=O)C1. The molecule has 2 N–H and O–H groups in total. The summed E-state index contributed by atoms with van der Waals surface area (Å²) in [4.78, 5) is 40.0. The second-order valence-corrected chi connectivity index (χ2v) is 9.50. The van der Waals surface area contributed by atoms with Crippen molar-refractivity contribution in [1.29, 1.82) is 0 Å². The quantitative estimate of drug-likeness (QED) is 0.841. The highest BCUT2D eigenvalue weighted by Gasteiger charge is 2.51. The fourth-order valence-corrected chi connectivity index (χ4v) is 5.50. The molecule has 2 aliphatic heterocycles. The van der Waals surface area contributed by atoms with E-state index in [1.54, 1.807) is 24.3 Å². The molecular formula is C21H27N3O3. The van der Waals surface area contributed by atoms with Gasteiger partial charge in [0.2, 0.25) is 11.8 Å². The Hall–Kier alpha value is -2.37. The van der Waals surface area contributed by atoms with Gasteiger partial charge in [0.1, 0.15) is 6.04 Å². The molecule has 3 atom stereocenters. The van der Waals surface area contributed by atoms with Crippen LogP contribution in [0.4, 0.5) is 5.69 Å². The van der Waals surface area contributed by atoms with Crippen LogP contribution in [-0.2, 0) is 9.59 Å². The highest BCUT2D eigenvalue weighted by Crippen LogP contribution is 2.52. The average Bonchev–Trinajstić information content (AvgIpc) is 2.76. The first-order chi connectivity index (χ1) is 12.7. The average molecular weight is 369 g/mol. The summed E-state index contributed by atoms with van der Waals surface area (Å²) in [6.07, 6.45) is 3.12. The molecule has 3 aliphatic rings. The maximum absolute atomic E-state index is 13.0. The molecule has 1 aliphatic carbocycles. The van der Waals surface area contributed by atoms with Crippen molar-refractivity contribution >= 4 is 23.4 Å². The van der Waals surface area contributed by atoms with Crippen LogP contribution in [0.2, 0.25) is 0 Å². The molecule has 1 aromatic rings. The molecule has 2 fully saturated rings. The molecule has 6 nitrogen and oxygen atoms in total. The number of nitrogens with zero attached hydrogens (tertiary/aromatic N) is 1. The van der Waals surface area contributed by atoms with Gasteiger partial charge in [-0.1, -0.05) is 32.9 Å². The zero-order valence-corrected chi connectivity index (χ0v) is 16.2. The number of likely N-dealkylation sites (tertiary alicyclic amines) is 1. The lowest BCUT2D eigenvalue weighted by molar-refractivity contribution is -0.134. The smallest absolute Gasteiger partial charge is 0.254 e. The molecule has 2 heterocycles. The van der Waals surface area contributed by atoms with Crippen LogP contribution in [0.5, 0.6) is 0 Å². The number of amides is 3. The summed E-state index contributed by atoms with van der Waals surface area (Å²) >= 11 is 0. The van der Waals surface area contributed by atoms with Crippen LogP contribution in [0.1, 0.15) is 56.8 Å². The van der Waals surface area contributed by atoms with Crippen molar-refractivity contribution < 1.29 is 14.4 Å². The van der Waals surface area contributed by atoms with Gasteiger partial charge in [-0.3, -0.25) is 14.4 Å². The Kier molecular flexibility index (Phi) is 4.05. The first kappa shape index (κ1) is 18.0. The number of anilines is 1. The Balaban J connectivity index is 1.49. The number of nitrogens with one attached hydrogen (secondary N) is 2. The standard InChI is InChI=1S/C21H27N3O3/c1-20(2)9-13-10-21(3,11-20)12-24(13)17(25)8-16-19(27)22-15-7-5-4-6-14(15)18(26)23-16/h4-7,13,16H,8-12H2,1-3H3,(H,22,27)(H,23,26)/t13-,16-,21+/m0/s1. The van der Waals surface area contributed by atoms with Crippen LogP contribution >= 0.6 is 0 Å². The van der Waals surface area contributed by atoms with Gasteiger partial charge >= 0.3 is 0 Å². The molecule has 0 spiro atoms. The van der Waals surface area contributed by atoms with Gasteiger partial charge < -0.3 is 15.5 Å². The van der Waals surface area contributed by atoms with Gasteiger partial charge in [-0.2, -0.15) is 0 Å². The number of benzene rings is 1. The molecule has 0 unspecified atom stereocenters. The van der Waals surface area contributed by atoms with Gasteiger partial charge in [0, 0.05) is 12.6 Å². The zero-order chi connectivity index (χ0) is 19.4. The summed E-state index contributed by atoms with van der Waals surface area (Å²) in [5, 5.41) is 5.50. The van der Waals surface area contributed by atoms with Crippen LogP contribution in [-0.4, -0.2) is 41.2 Å². The topological polar surface area (TPSA) is 78.5 Å². The minimum absolute atomic E-state index is 0.00142. The van der Waals surface area contributed by atoms with E-state index in [-0.39, 0.29) is 41.0 Å². The third-order valence-electron chi connectivity index (χ3n) is 6.17. The predicted octanol–water partition coefficient (Wildman–Crippen LogP) is 2.55. The van der Waals surface area contributed by atoms with Crippen molar-refractivity contribution in [3.05, 3.63) is 29.8 Å². The number of fused-ring (bicyclic) bond motifs is 3. The lowest BCUT2D eigenvalue weighted by Gasteiger charge is -2.39. The number of carbonyl (C=O) groups excluding carboxylic acids is 3. The summed E-state index contributed by atoms with van der Waals surface area (Å²) in [5.41, 5.74) is 1.28. The number of para-hydroxylation sites is 1. The van der Waals surface area contributed by atoms with Crippen molar-refractivity contribution in [2.75, 3.05) is 11.9 Å².